The lowest BCUT2D eigenvalue weighted by molar-refractivity contribution is -0.173. The molecule has 7 heteroatoms. The van der Waals surface area contributed by atoms with E-state index in [0.29, 0.717) is 23.9 Å². The SMILES string of the molecule is O=C(OCCCBr)C(F)(F)c1cc(O)cc(O)c1. The van der Waals surface area contributed by atoms with Crippen LogP contribution in [-0.4, -0.2) is 28.1 Å². The Bertz CT molecular complexity index is 417. The number of aromatic hydroxyl groups is 2. The summed E-state index contributed by atoms with van der Waals surface area (Å²) in [6, 6.07) is 2.28. The van der Waals surface area contributed by atoms with Crippen LogP contribution in [0.3, 0.4) is 0 Å². The Labute approximate surface area is 110 Å². The van der Waals surface area contributed by atoms with E-state index in [1.165, 1.54) is 0 Å². The second-order valence-electron chi connectivity index (χ2n) is 3.49. The van der Waals surface area contributed by atoms with Gasteiger partial charge in [0.15, 0.2) is 0 Å². The van der Waals surface area contributed by atoms with Crippen molar-refractivity contribution in [3.63, 3.8) is 0 Å². The van der Waals surface area contributed by atoms with Crippen molar-refractivity contribution in [3.8, 4) is 11.5 Å². The van der Waals surface area contributed by atoms with Crippen molar-refractivity contribution in [2.75, 3.05) is 11.9 Å². The van der Waals surface area contributed by atoms with Crippen LogP contribution in [0.4, 0.5) is 8.78 Å². The van der Waals surface area contributed by atoms with Crippen molar-refractivity contribution >= 4 is 21.9 Å². The predicted molar refractivity (Wildman–Crippen MR) is 63.0 cm³/mol. The molecule has 0 saturated carbocycles. The third kappa shape index (κ3) is 3.56. The summed E-state index contributed by atoms with van der Waals surface area (Å²) in [7, 11) is 0. The van der Waals surface area contributed by atoms with Crippen molar-refractivity contribution in [3.05, 3.63) is 23.8 Å². The number of phenols is 2. The van der Waals surface area contributed by atoms with Crippen molar-refractivity contribution in [1.82, 2.24) is 0 Å². The number of hydrogen-bond acceptors (Lipinski definition) is 4. The maximum Gasteiger partial charge on any atom is 0.381 e. The average molecular weight is 325 g/mol. The van der Waals surface area contributed by atoms with Gasteiger partial charge in [-0.1, -0.05) is 15.9 Å². The first-order chi connectivity index (χ1) is 8.37. The van der Waals surface area contributed by atoms with Crippen molar-refractivity contribution < 1.29 is 28.5 Å². The summed E-state index contributed by atoms with van der Waals surface area (Å²) in [5.74, 6) is -6.74. The molecule has 4 nitrogen and oxygen atoms in total. The van der Waals surface area contributed by atoms with Gasteiger partial charge in [-0.15, -0.1) is 0 Å². The van der Waals surface area contributed by atoms with E-state index in [-0.39, 0.29) is 6.61 Å². The highest BCUT2D eigenvalue weighted by Gasteiger charge is 2.43. The molecular weight excluding hydrogens is 314 g/mol. The van der Waals surface area contributed by atoms with E-state index in [4.69, 9.17) is 10.2 Å². The van der Waals surface area contributed by atoms with Gasteiger partial charge in [0.1, 0.15) is 11.5 Å². The Hall–Kier alpha value is -1.37. The van der Waals surface area contributed by atoms with Gasteiger partial charge >= 0.3 is 11.9 Å². The molecule has 2 N–H and O–H groups in total. The molecule has 0 aliphatic rings. The molecule has 1 aromatic carbocycles. The Kier molecular flexibility index (Phi) is 4.89. The molecule has 0 amide bonds. The molecule has 0 radical (unpaired) electrons. The molecule has 0 aliphatic heterocycles. The highest BCUT2D eigenvalue weighted by molar-refractivity contribution is 9.09. The molecule has 0 atom stereocenters. The molecule has 100 valence electrons. The van der Waals surface area contributed by atoms with Gasteiger partial charge in [-0.05, 0) is 18.6 Å². The summed E-state index contributed by atoms with van der Waals surface area (Å²) in [5.41, 5.74) is -0.816. The smallest absolute Gasteiger partial charge is 0.381 e. The van der Waals surface area contributed by atoms with Crippen LogP contribution < -0.4 is 0 Å². The van der Waals surface area contributed by atoms with Crippen LogP contribution >= 0.6 is 15.9 Å². The number of carbonyl (C=O) groups is 1. The summed E-state index contributed by atoms with van der Waals surface area (Å²) in [4.78, 5) is 11.2. The van der Waals surface area contributed by atoms with Gasteiger partial charge in [0, 0.05) is 17.0 Å². The van der Waals surface area contributed by atoms with Gasteiger partial charge in [-0.25, -0.2) is 4.79 Å². The molecule has 0 saturated heterocycles. The lowest BCUT2D eigenvalue weighted by Crippen LogP contribution is -2.28. The Morgan fingerprint density at radius 2 is 1.83 bits per heavy atom. The maximum atomic E-state index is 13.6. The normalized spacial score (nSPS) is 11.3. The zero-order valence-electron chi connectivity index (χ0n) is 9.20. The first-order valence-electron chi connectivity index (χ1n) is 5.02. The minimum atomic E-state index is -3.91. The molecule has 0 fully saturated rings. The third-order valence-corrected chi connectivity index (χ3v) is 2.59. The van der Waals surface area contributed by atoms with E-state index < -0.39 is 29.0 Å². The van der Waals surface area contributed by atoms with Crippen LogP contribution in [-0.2, 0) is 15.5 Å². The second-order valence-corrected chi connectivity index (χ2v) is 4.28. The minimum absolute atomic E-state index is 0.134. The van der Waals surface area contributed by atoms with Crippen LogP contribution in [0.1, 0.15) is 12.0 Å². The van der Waals surface area contributed by atoms with Gasteiger partial charge in [0.05, 0.1) is 6.61 Å². The van der Waals surface area contributed by atoms with E-state index in [9.17, 15) is 13.6 Å². The number of esters is 1. The number of phenolic OH excluding ortho intramolecular Hbond substituents is 2. The molecular formula is C11H11BrF2O4. The van der Waals surface area contributed by atoms with E-state index in [1.54, 1.807) is 0 Å². The quantitative estimate of drug-likeness (QED) is 0.496. The molecule has 0 bridgehead atoms. The number of ether oxygens (including phenoxy) is 1. The lowest BCUT2D eigenvalue weighted by atomic mass is 10.1. The topological polar surface area (TPSA) is 66.8 Å². The first-order valence-corrected chi connectivity index (χ1v) is 6.14. The fraction of sp³-hybridized carbons (Fsp3) is 0.364. The van der Waals surface area contributed by atoms with Crippen molar-refractivity contribution in [2.24, 2.45) is 0 Å². The number of alkyl halides is 3. The fourth-order valence-corrected chi connectivity index (χ4v) is 1.43. The molecule has 0 spiro atoms. The van der Waals surface area contributed by atoms with Gasteiger partial charge in [0.25, 0.3) is 0 Å². The van der Waals surface area contributed by atoms with E-state index in [1.807, 2.05) is 0 Å². The highest BCUT2D eigenvalue weighted by atomic mass is 79.9. The molecule has 0 heterocycles. The van der Waals surface area contributed by atoms with Crippen molar-refractivity contribution in [1.29, 1.82) is 0 Å². The molecule has 0 aromatic heterocycles. The number of rotatable bonds is 5. The summed E-state index contributed by atoms with van der Waals surface area (Å²) in [5, 5.41) is 18.7. The Morgan fingerprint density at radius 3 is 2.33 bits per heavy atom. The van der Waals surface area contributed by atoms with E-state index in [0.717, 1.165) is 6.07 Å². The Morgan fingerprint density at radius 1 is 1.28 bits per heavy atom. The monoisotopic (exact) mass is 324 g/mol. The zero-order valence-corrected chi connectivity index (χ0v) is 10.8. The van der Waals surface area contributed by atoms with E-state index in [2.05, 4.69) is 20.7 Å². The maximum absolute atomic E-state index is 13.6. The zero-order chi connectivity index (χ0) is 13.8. The minimum Gasteiger partial charge on any atom is -0.508 e. The van der Waals surface area contributed by atoms with Gasteiger partial charge in [-0.3, -0.25) is 0 Å². The van der Waals surface area contributed by atoms with Crippen LogP contribution in [0.2, 0.25) is 0 Å². The van der Waals surface area contributed by atoms with Crippen molar-refractivity contribution in [2.45, 2.75) is 12.3 Å². The molecule has 0 unspecified atom stereocenters. The molecule has 1 aromatic rings. The summed E-state index contributed by atoms with van der Waals surface area (Å²) >= 11 is 3.07. The number of hydrogen-bond donors (Lipinski definition) is 2. The van der Waals surface area contributed by atoms with Crippen LogP contribution in [0.25, 0.3) is 0 Å². The lowest BCUT2D eigenvalue weighted by Gasteiger charge is -2.15. The van der Waals surface area contributed by atoms with Crippen LogP contribution in [0, 0.1) is 0 Å². The summed E-state index contributed by atoms with van der Waals surface area (Å²) in [6.45, 7) is -0.134. The number of carbonyl (C=O) groups excluding carboxylic acids is 1. The number of halogens is 3. The van der Waals surface area contributed by atoms with Gasteiger partial charge in [0.2, 0.25) is 0 Å². The largest absolute Gasteiger partial charge is 0.508 e. The summed E-state index contributed by atoms with van der Waals surface area (Å²) in [6.07, 6.45) is 0.410. The van der Waals surface area contributed by atoms with Crippen LogP contribution in [0.5, 0.6) is 11.5 Å². The standard InChI is InChI=1S/C11H11BrF2O4/c12-2-1-3-18-10(17)11(13,14)7-4-8(15)6-9(16)5-7/h4-6,15-16H,1-3H2. The first kappa shape index (κ1) is 14.7. The van der Waals surface area contributed by atoms with Gasteiger partial charge < -0.3 is 14.9 Å². The average Bonchev–Trinajstić information content (AvgIpc) is 2.27. The predicted octanol–water partition coefficient (Wildman–Crippen LogP) is 2.52. The van der Waals surface area contributed by atoms with Gasteiger partial charge in [-0.2, -0.15) is 8.78 Å². The van der Waals surface area contributed by atoms with E-state index >= 15 is 0 Å². The Balaban J connectivity index is 2.87. The highest BCUT2D eigenvalue weighted by Crippen LogP contribution is 2.34. The molecule has 18 heavy (non-hydrogen) atoms. The number of benzene rings is 1. The third-order valence-electron chi connectivity index (χ3n) is 2.03. The summed E-state index contributed by atoms with van der Waals surface area (Å²) < 4.78 is 31.7. The fourth-order valence-electron chi connectivity index (χ4n) is 1.20. The van der Waals surface area contributed by atoms with Crippen LogP contribution in [0.15, 0.2) is 18.2 Å². The second kappa shape index (κ2) is 5.99. The molecule has 1 rings (SSSR count). The molecule has 0 aliphatic carbocycles.